The Bertz CT molecular complexity index is 698. The van der Waals surface area contributed by atoms with Gasteiger partial charge in [-0.15, -0.1) is 0 Å². The zero-order valence-electron chi connectivity index (χ0n) is 12.2. The Balaban J connectivity index is 3.08. The van der Waals surface area contributed by atoms with E-state index in [1.165, 1.54) is 19.2 Å². The number of hydrogen-bond donors (Lipinski definition) is 2. The summed E-state index contributed by atoms with van der Waals surface area (Å²) in [5, 5.41) is 0. The number of nitrogen functional groups attached to an aromatic ring is 1. The first-order chi connectivity index (χ1) is 9.58. The highest BCUT2D eigenvalue weighted by Gasteiger charge is 2.21. The van der Waals surface area contributed by atoms with Crippen molar-refractivity contribution in [2.24, 2.45) is 5.92 Å². The fraction of sp³-hybridized carbons (Fsp3) is 0.500. The lowest BCUT2D eigenvalue weighted by molar-refractivity contribution is 0.161. The topological polar surface area (TPSA) is 116 Å². The summed E-state index contributed by atoms with van der Waals surface area (Å²) in [6, 6.07) is 3.61. The maximum atomic E-state index is 12.2. The van der Waals surface area contributed by atoms with Gasteiger partial charge in [0.25, 0.3) is 0 Å². The molecule has 1 atom stereocenters. The van der Waals surface area contributed by atoms with Crippen LogP contribution >= 0.6 is 0 Å². The van der Waals surface area contributed by atoms with Crippen LogP contribution < -0.4 is 10.5 Å². The minimum atomic E-state index is -3.88. The van der Waals surface area contributed by atoms with Crippen LogP contribution in [0.3, 0.4) is 0 Å². The first-order valence-corrected chi connectivity index (χ1v) is 9.53. The van der Waals surface area contributed by atoms with Gasteiger partial charge < -0.3 is 10.5 Å². The number of sulfonamides is 1. The van der Waals surface area contributed by atoms with E-state index < -0.39 is 19.9 Å². The average Bonchev–Trinajstić information content (AvgIpc) is 2.36. The number of benzene rings is 1. The van der Waals surface area contributed by atoms with Gasteiger partial charge in [-0.3, -0.25) is 0 Å². The molecule has 1 aromatic rings. The van der Waals surface area contributed by atoms with Crippen molar-refractivity contribution in [1.82, 2.24) is 4.72 Å². The lowest BCUT2D eigenvalue weighted by atomic mass is 10.2. The van der Waals surface area contributed by atoms with Gasteiger partial charge in [-0.2, -0.15) is 0 Å². The highest BCUT2D eigenvalue weighted by atomic mass is 32.2. The van der Waals surface area contributed by atoms with E-state index in [-0.39, 0.29) is 27.9 Å². The SMILES string of the molecule is COCC(C)CNS(=O)(=O)c1cc(S(C)(=O)=O)ccc1N. The largest absolute Gasteiger partial charge is 0.398 e. The number of rotatable bonds is 7. The number of methoxy groups -OCH3 is 1. The molecule has 0 heterocycles. The van der Waals surface area contributed by atoms with Crippen LogP contribution in [0.2, 0.25) is 0 Å². The summed E-state index contributed by atoms with van der Waals surface area (Å²) >= 11 is 0. The maximum absolute atomic E-state index is 12.2. The van der Waals surface area contributed by atoms with Crippen LogP contribution in [-0.2, 0) is 24.6 Å². The highest BCUT2D eigenvalue weighted by molar-refractivity contribution is 7.91. The van der Waals surface area contributed by atoms with E-state index in [0.717, 1.165) is 12.3 Å². The second kappa shape index (κ2) is 6.73. The molecule has 120 valence electrons. The predicted octanol–water partition coefficient (Wildman–Crippen LogP) is 0.233. The fourth-order valence-electron chi connectivity index (χ4n) is 1.65. The van der Waals surface area contributed by atoms with E-state index >= 15 is 0 Å². The van der Waals surface area contributed by atoms with Crippen molar-refractivity contribution >= 4 is 25.5 Å². The summed E-state index contributed by atoms with van der Waals surface area (Å²) in [6.07, 6.45) is 1.00. The van der Waals surface area contributed by atoms with Crippen molar-refractivity contribution in [2.75, 3.05) is 32.3 Å². The first-order valence-electron chi connectivity index (χ1n) is 6.16. The third kappa shape index (κ3) is 4.95. The molecule has 1 aromatic carbocycles. The van der Waals surface area contributed by atoms with Gasteiger partial charge in [0.1, 0.15) is 4.90 Å². The van der Waals surface area contributed by atoms with E-state index in [1.54, 1.807) is 0 Å². The number of nitrogens with two attached hydrogens (primary N) is 1. The molecular formula is C12H20N2O5S2. The molecule has 0 bridgehead atoms. The number of nitrogens with one attached hydrogen (secondary N) is 1. The molecule has 0 radical (unpaired) electrons. The zero-order valence-corrected chi connectivity index (χ0v) is 13.8. The maximum Gasteiger partial charge on any atom is 0.242 e. The van der Waals surface area contributed by atoms with Gasteiger partial charge in [0.2, 0.25) is 10.0 Å². The number of ether oxygens (including phenoxy) is 1. The quantitative estimate of drug-likeness (QED) is 0.689. The van der Waals surface area contributed by atoms with Crippen molar-refractivity contribution < 1.29 is 21.6 Å². The average molecular weight is 336 g/mol. The van der Waals surface area contributed by atoms with Crippen molar-refractivity contribution in [3.63, 3.8) is 0 Å². The predicted molar refractivity (Wildman–Crippen MR) is 80.2 cm³/mol. The van der Waals surface area contributed by atoms with E-state index in [0.29, 0.717) is 6.61 Å². The highest BCUT2D eigenvalue weighted by Crippen LogP contribution is 2.22. The molecule has 0 aliphatic rings. The van der Waals surface area contributed by atoms with Crippen LogP contribution in [0.4, 0.5) is 5.69 Å². The molecule has 0 saturated heterocycles. The number of anilines is 1. The molecule has 21 heavy (non-hydrogen) atoms. The van der Waals surface area contributed by atoms with Crippen LogP contribution in [0.1, 0.15) is 6.92 Å². The first kappa shape index (κ1) is 17.9. The Kier molecular flexibility index (Phi) is 5.74. The van der Waals surface area contributed by atoms with Crippen molar-refractivity contribution in [3.05, 3.63) is 18.2 Å². The summed E-state index contributed by atoms with van der Waals surface area (Å²) in [6.45, 7) is 2.39. The minimum Gasteiger partial charge on any atom is -0.398 e. The Hall–Kier alpha value is -1.16. The smallest absolute Gasteiger partial charge is 0.242 e. The van der Waals surface area contributed by atoms with E-state index in [9.17, 15) is 16.8 Å². The van der Waals surface area contributed by atoms with Crippen LogP contribution in [0.15, 0.2) is 28.0 Å². The second-order valence-electron chi connectivity index (χ2n) is 4.88. The number of sulfone groups is 1. The lowest BCUT2D eigenvalue weighted by Crippen LogP contribution is -2.30. The molecule has 0 amide bonds. The van der Waals surface area contributed by atoms with Crippen LogP contribution in [0.25, 0.3) is 0 Å². The second-order valence-corrected chi connectivity index (χ2v) is 8.64. The molecule has 0 fully saturated rings. The Morgan fingerprint density at radius 3 is 2.43 bits per heavy atom. The van der Waals surface area contributed by atoms with Crippen molar-refractivity contribution in [2.45, 2.75) is 16.7 Å². The summed E-state index contributed by atoms with van der Waals surface area (Å²) in [4.78, 5) is -0.336. The summed E-state index contributed by atoms with van der Waals surface area (Å²) in [7, 11) is -5.87. The molecular weight excluding hydrogens is 316 g/mol. The molecule has 9 heteroatoms. The van der Waals surface area contributed by atoms with Gasteiger partial charge >= 0.3 is 0 Å². The van der Waals surface area contributed by atoms with Crippen molar-refractivity contribution in [3.8, 4) is 0 Å². The van der Waals surface area contributed by atoms with Gasteiger partial charge in [-0.1, -0.05) is 6.92 Å². The monoisotopic (exact) mass is 336 g/mol. The molecule has 1 rings (SSSR count). The molecule has 0 aliphatic carbocycles. The summed E-state index contributed by atoms with van der Waals surface area (Å²) in [5.74, 6) is -0.0240. The fourth-order valence-corrected chi connectivity index (χ4v) is 3.69. The Morgan fingerprint density at radius 1 is 1.29 bits per heavy atom. The number of hydrogen-bond acceptors (Lipinski definition) is 6. The van der Waals surface area contributed by atoms with E-state index in [4.69, 9.17) is 10.5 Å². The van der Waals surface area contributed by atoms with Gasteiger partial charge in [-0.25, -0.2) is 21.6 Å². The standard InChI is InChI=1S/C12H20N2O5S2/c1-9(8-19-2)7-14-21(17,18)12-6-10(20(3,15)16)4-5-11(12)13/h4-6,9,14H,7-8,13H2,1-3H3. The van der Waals surface area contributed by atoms with Gasteiger partial charge in [-0.05, 0) is 24.1 Å². The molecule has 3 N–H and O–H groups in total. The van der Waals surface area contributed by atoms with Crippen LogP contribution in [0.5, 0.6) is 0 Å². The Labute approximate surface area is 125 Å². The normalized spacial score (nSPS) is 14.0. The Morgan fingerprint density at radius 2 is 1.90 bits per heavy atom. The molecule has 0 spiro atoms. The molecule has 0 aliphatic heterocycles. The molecule has 0 saturated carbocycles. The third-order valence-corrected chi connectivity index (χ3v) is 5.37. The lowest BCUT2D eigenvalue weighted by Gasteiger charge is -2.13. The van der Waals surface area contributed by atoms with Crippen LogP contribution in [0, 0.1) is 5.92 Å². The van der Waals surface area contributed by atoms with Gasteiger partial charge in [0, 0.05) is 26.5 Å². The molecule has 7 nitrogen and oxygen atoms in total. The summed E-state index contributed by atoms with van der Waals surface area (Å²) in [5.41, 5.74) is 5.64. The zero-order chi connectivity index (χ0) is 16.3. The van der Waals surface area contributed by atoms with Gasteiger partial charge in [0.05, 0.1) is 10.6 Å². The summed E-state index contributed by atoms with van der Waals surface area (Å²) < 4.78 is 54.8. The van der Waals surface area contributed by atoms with Crippen molar-refractivity contribution in [1.29, 1.82) is 0 Å². The third-order valence-electron chi connectivity index (χ3n) is 2.78. The van der Waals surface area contributed by atoms with E-state index in [1.807, 2.05) is 6.92 Å². The van der Waals surface area contributed by atoms with Gasteiger partial charge in [0.15, 0.2) is 9.84 Å². The molecule has 1 unspecified atom stereocenters. The van der Waals surface area contributed by atoms with Crippen LogP contribution in [-0.4, -0.2) is 43.4 Å². The van der Waals surface area contributed by atoms with E-state index in [2.05, 4.69) is 4.72 Å². The minimum absolute atomic E-state index is 0.00528. The molecule has 0 aromatic heterocycles.